The molecule has 0 aliphatic heterocycles. The number of amides is 2. The van der Waals surface area contributed by atoms with E-state index in [1.165, 1.54) is 0 Å². The van der Waals surface area contributed by atoms with Gasteiger partial charge in [0.2, 0.25) is 0 Å². The number of hydrogen-bond acceptors (Lipinski definition) is 3. The van der Waals surface area contributed by atoms with E-state index in [4.69, 9.17) is 9.47 Å². The van der Waals surface area contributed by atoms with Crippen molar-refractivity contribution in [2.24, 2.45) is 0 Å². The van der Waals surface area contributed by atoms with Gasteiger partial charge in [-0.1, -0.05) is 12.1 Å². The first-order chi connectivity index (χ1) is 11.0. The third kappa shape index (κ3) is 4.39. The Hall–Kier alpha value is -2.21. The van der Waals surface area contributed by atoms with Crippen molar-refractivity contribution >= 4 is 27.6 Å². The second-order valence-corrected chi connectivity index (χ2v) is 5.80. The molecule has 0 spiro atoms. The van der Waals surface area contributed by atoms with Crippen molar-refractivity contribution in [1.29, 1.82) is 0 Å². The molecule has 0 saturated heterocycles. The van der Waals surface area contributed by atoms with E-state index in [9.17, 15) is 4.79 Å². The van der Waals surface area contributed by atoms with E-state index in [1.54, 1.807) is 32.2 Å². The SMILES string of the molecule is COc1ccc(CN(C)C(=O)Nc2ccccc2Br)c(OC)c1. The summed E-state index contributed by atoms with van der Waals surface area (Å²) < 4.78 is 11.4. The molecule has 1 N–H and O–H groups in total. The van der Waals surface area contributed by atoms with Crippen molar-refractivity contribution in [2.45, 2.75) is 6.54 Å². The molecule has 0 aliphatic rings. The molecule has 0 aliphatic carbocycles. The molecule has 2 amide bonds. The molecule has 0 fully saturated rings. The highest BCUT2D eigenvalue weighted by Crippen LogP contribution is 2.26. The molecule has 0 saturated carbocycles. The molecular weight excluding hydrogens is 360 g/mol. The summed E-state index contributed by atoms with van der Waals surface area (Å²) in [4.78, 5) is 13.9. The smallest absolute Gasteiger partial charge is 0.321 e. The van der Waals surface area contributed by atoms with E-state index in [2.05, 4.69) is 21.2 Å². The normalized spacial score (nSPS) is 10.1. The van der Waals surface area contributed by atoms with Gasteiger partial charge in [-0.05, 0) is 40.2 Å². The predicted octanol–water partition coefficient (Wildman–Crippen LogP) is 4.13. The molecule has 0 bridgehead atoms. The van der Waals surface area contributed by atoms with Crippen LogP contribution in [0.2, 0.25) is 0 Å². The second-order valence-electron chi connectivity index (χ2n) is 4.94. The summed E-state index contributed by atoms with van der Waals surface area (Å²) in [5.41, 5.74) is 1.63. The molecule has 6 heteroatoms. The van der Waals surface area contributed by atoms with Gasteiger partial charge in [-0.25, -0.2) is 4.79 Å². The summed E-state index contributed by atoms with van der Waals surface area (Å²) in [5, 5.41) is 2.86. The maximum Gasteiger partial charge on any atom is 0.321 e. The van der Waals surface area contributed by atoms with Crippen molar-refractivity contribution in [2.75, 3.05) is 26.6 Å². The lowest BCUT2D eigenvalue weighted by molar-refractivity contribution is 0.220. The highest BCUT2D eigenvalue weighted by atomic mass is 79.9. The summed E-state index contributed by atoms with van der Waals surface area (Å²) in [6.07, 6.45) is 0. The molecular formula is C17H19BrN2O3. The van der Waals surface area contributed by atoms with Crippen LogP contribution in [0.3, 0.4) is 0 Å². The van der Waals surface area contributed by atoms with Crippen molar-refractivity contribution in [3.05, 3.63) is 52.5 Å². The van der Waals surface area contributed by atoms with Gasteiger partial charge in [-0.3, -0.25) is 0 Å². The first kappa shape index (κ1) is 17.1. The van der Waals surface area contributed by atoms with Crippen LogP contribution < -0.4 is 14.8 Å². The van der Waals surface area contributed by atoms with Crippen LogP contribution in [-0.2, 0) is 6.54 Å². The zero-order valence-electron chi connectivity index (χ0n) is 13.3. The van der Waals surface area contributed by atoms with E-state index in [0.29, 0.717) is 18.0 Å². The number of methoxy groups -OCH3 is 2. The number of halogens is 1. The lowest BCUT2D eigenvalue weighted by atomic mass is 10.2. The van der Waals surface area contributed by atoms with Crippen LogP contribution in [0, 0.1) is 0 Å². The van der Waals surface area contributed by atoms with Crippen LogP contribution in [-0.4, -0.2) is 32.2 Å². The van der Waals surface area contributed by atoms with Crippen LogP contribution >= 0.6 is 15.9 Å². The Morgan fingerprint density at radius 2 is 1.91 bits per heavy atom. The van der Waals surface area contributed by atoms with Gasteiger partial charge in [0, 0.05) is 23.2 Å². The summed E-state index contributed by atoms with van der Waals surface area (Å²) in [6, 6.07) is 12.8. The van der Waals surface area contributed by atoms with Crippen molar-refractivity contribution in [1.82, 2.24) is 4.90 Å². The molecule has 23 heavy (non-hydrogen) atoms. The lowest BCUT2D eigenvalue weighted by Crippen LogP contribution is -2.31. The average Bonchev–Trinajstić information content (AvgIpc) is 2.57. The zero-order chi connectivity index (χ0) is 16.8. The Balaban J connectivity index is 2.08. The monoisotopic (exact) mass is 378 g/mol. The third-order valence-corrected chi connectivity index (χ3v) is 4.06. The van der Waals surface area contributed by atoms with Gasteiger partial charge in [-0.15, -0.1) is 0 Å². The summed E-state index contributed by atoms with van der Waals surface area (Å²) >= 11 is 3.41. The largest absolute Gasteiger partial charge is 0.497 e. The molecule has 2 aromatic carbocycles. The Labute approximate surface area is 144 Å². The van der Waals surface area contributed by atoms with Crippen LogP contribution in [0.25, 0.3) is 0 Å². The fraction of sp³-hybridized carbons (Fsp3) is 0.235. The van der Waals surface area contributed by atoms with Gasteiger partial charge >= 0.3 is 6.03 Å². The van der Waals surface area contributed by atoms with E-state index in [-0.39, 0.29) is 6.03 Å². The number of rotatable bonds is 5. The summed E-state index contributed by atoms with van der Waals surface area (Å²) in [6.45, 7) is 0.420. The number of carbonyl (C=O) groups excluding carboxylic acids is 1. The van der Waals surface area contributed by atoms with E-state index >= 15 is 0 Å². The first-order valence-electron chi connectivity index (χ1n) is 7.02. The topological polar surface area (TPSA) is 50.8 Å². The summed E-state index contributed by atoms with van der Waals surface area (Å²) in [5.74, 6) is 1.40. The number of hydrogen-bond donors (Lipinski definition) is 1. The van der Waals surface area contributed by atoms with Crippen molar-refractivity contribution < 1.29 is 14.3 Å². The van der Waals surface area contributed by atoms with Gasteiger partial charge in [0.25, 0.3) is 0 Å². The molecule has 0 radical (unpaired) electrons. The van der Waals surface area contributed by atoms with Crippen LogP contribution in [0.1, 0.15) is 5.56 Å². The number of urea groups is 1. The van der Waals surface area contributed by atoms with Crippen LogP contribution in [0.4, 0.5) is 10.5 Å². The Morgan fingerprint density at radius 3 is 2.57 bits per heavy atom. The molecule has 2 rings (SSSR count). The first-order valence-corrected chi connectivity index (χ1v) is 7.82. The number of benzene rings is 2. The van der Waals surface area contributed by atoms with Gasteiger partial charge in [0.1, 0.15) is 11.5 Å². The van der Waals surface area contributed by atoms with Gasteiger partial charge in [0.05, 0.1) is 26.5 Å². The third-order valence-electron chi connectivity index (χ3n) is 3.36. The molecule has 0 heterocycles. The Kier molecular flexibility index (Phi) is 5.87. The number of carbonyl (C=O) groups is 1. The minimum Gasteiger partial charge on any atom is -0.497 e. The van der Waals surface area contributed by atoms with Gasteiger partial charge in [0.15, 0.2) is 0 Å². The fourth-order valence-corrected chi connectivity index (χ4v) is 2.47. The van der Waals surface area contributed by atoms with E-state index < -0.39 is 0 Å². The summed E-state index contributed by atoms with van der Waals surface area (Å²) in [7, 11) is 4.93. The van der Waals surface area contributed by atoms with Crippen molar-refractivity contribution in [3.8, 4) is 11.5 Å². The van der Waals surface area contributed by atoms with Gasteiger partial charge in [-0.2, -0.15) is 0 Å². The second kappa shape index (κ2) is 7.87. The standard InChI is InChI=1S/C17H19BrN2O3/c1-20(17(21)19-15-7-5-4-6-14(15)18)11-12-8-9-13(22-2)10-16(12)23-3/h4-10H,11H2,1-3H3,(H,19,21). The number of nitrogens with zero attached hydrogens (tertiary/aromatic N) is 1. The van der Waals surface area contributed by atoms with Crippen LogP contribution in [0.15, 0.2) is 46.9 Å². The van der Waals surface area contributed by atoms with Crippen molar-refractivity contribution in [3.63, 3.8) is 0 Å². The number of para-hydroxylation sites is 1. The molecule has 0 atom stereocenters. The number of nitrogens with one attached hydrogen (secondary N) is 1. The van der Waals surface area contributed by atoms with Gasteiger partial charge < -0.3 is 19.7 Å². The quantitative estimate of drug-likeness (QED) is 0.850. The fourth-order valence-electron chi connectivity index (χ4n) is 2.08. The molecule has 2 aromatic rings. The highest BCUT2D eigenvalue weighted by Gasteiger charge is 2.13. The molecule has 0 aromatic heterocycles. The molecule has 5 nitrogen and oxygen atoms in total. The van der Waals surface area contributed by atoms with E-state index in [0.717, 1.165) is 15.7 Å². The number of ether oxygens (including phenoxy) is 2. The zero-order valence-corrected chi connectivity index (χ0v) is 14.9. The minimum absolute atomic E-state index is 0.199. The maximum absolute atomic E-state index is 12.3. The minimum atomic E-state index is -0.199. The Morgan fingerprint density at radius 1 is 1.17 bits per heavy atom. The molecule has 0 unspecified atom stereocenters. The predicted molar refractivity (Wildman–Crippen MR) is 94.2 cm³/mol. The van der Waals surface area contributed by atoms with E-state index in [1.807, 2.05) is 36.4 Å². The maximum atomic E-state index is 12.3. The lowest BCUT2D eigenvalue weighted by Gasteiger charge is -2.20. The Bertz CT molecular complexity index is 691. The van der Waals surface area contributed by atoms with Crippen LogP contribution in [0.5, 0.6) is 11.5 Å². The average molecular weight is 379 g/mol. The highest BCUT2D eigenvalue weighted by molar-refractivity contribution is 9.10. The number of anilines is 1. The molecule has 122 valence electrons.